The molecule has 3 nitrogen and oxygen atoms in total. The zero-order chi connectivity index (χ0) is 9.84. The molecule has 0 saturated carbocycles. The summed E-state index contributed by atoms with van der Waals surface area (Å²) in [7, 11) is 0. The minimum Gasteiger partial charge on any atom is -0.411 e. The molecule has 4 heteroatoms. The molecule has 1 rings (SSSR count). The average Bonchev–Trinajstić information content (AvgIpc) is 2.10. The molecule has 0 aliphatic heterocycles. The molecule has 1 aromatic carbocycles. The molecular weight excluding hydrogens is 188 g/mol. The summed E-state index contributed by atoms with van der Waals surface area (Å²) in [6.45, 7) is 1.86. The Morgan fingerprint density at radius 1 is 1.62 bits per heavy atom. The van der Waals surface area contributed by atoms with E-state index in [9.17, 15) is 0 Å². The second-order valence-corrected chi connectivity index (χ2v) is 2.97. The fraction of sp³-hybridized carbons (Fsp3) is 0.111. The lowest BCUT2D eigenvalue weighted by atomic mass is 10.1. The summed E-state index contributed by atoms with van der Waals surface area (Å²) in [5.74, 6) is 0. The predicted molar refractivity (Wildman–Crippen MR) is 53.3 cm³/mol. The number of benzene rings is 1. The molecule has 13 heavy (non-hydrogen) atoms. The first-order valence-corrected chi connectivity index (χ1v) is 4.06. The Balaban J connectivity index is 3.15. The smallest absolute Gasteiger partial charge is 0.0917 e. The molecule has 0 radical (unpaired) electrons. The third-order valence-corrected chi connectivity index (χ3v) is 2.17. The fourth-order valence-corrected chi connectivity index (χ4v) is 1.21. The van der Waals surface area contributed by atoms with Gasteiger partial charge in [0.2, 0.25) is 0 Å². The molecule has 0 atom stereocenters. The van der Waals surface area contributed by atoms with Crippen molar-refractivity contribution in [1.29, 1.82) is 5.41 Å². The zero-order valence-corrected chi connectivity index (χ0v) is 7.84. The topological polar surface area (TPSA) is 56.4 Å². The Bertz CT molecular complexity index is 361. The van der Waals surface area contributed by atoms with Gasteiger partial charge in [-0.15, -0.1) is 0 Å². The van der Waals surface area contributed by atoms with Crippen molar-refractivity contribution >= 4 is 23.5 Å². The van der Waals surface area contributed by atoms with E-state index < -0.39 is 0 Å². The van der Waals surface area contributed by atoms with Crippen LogP contribution < -0.4 is 0 Å². The number of rotatable bonds is 2. The summed E-state index contributed by atoms with van der Waals surface area (Å²) in [4.78, 5) is 0. The van der Waals surface area contributed by atoms with E-state index in [-0.39, 0.29) is 5.71 Å². The van der Waals surface area contributed by atoms with E-state index in [1.165, 1.54) is 0 Å². The first kappa shape index (κ1) is 9.74. The standard InChI is InChI=1S/C9H9ClN2O/c1-6-3-2-4-7(9(6)10)8(11)5-12-13/h2-5,11,13H,1H3/b11-8?,12-5+. The summed E-state index contributed by atoms with van der Waals surface area (Å²) in [6, 6.07) is 5.37. The van der Waals surface area contributed by atoms with Crippen LogP contribution in [0, 0.1) is 12.3 Å². The molecule has 1 aromatic rings. The Labute approximate surface area is 81.2 Å². The lowest BCUT2D eigenvalue weighted by Gasteiger charge is -2.03. The van der Waals surface area contributed by atoms with Crippen LogP contribution in [-0.4, -0.2) is 17.1 Å². The Morgan fingerprint density at radius 2 is 2.31 bits per heavy atom. The molecule has 68 valence electrons. The highest BCUT2D eigenvalue weighted by Crippen LogP contribution is 2.19. The minimum absolute atomic E-state index is 0.0937. The molecule has 0 heterocycles. The van der Waals surface area contributed by atoms with Gasteiger partial charge in [0.1, 0.15) is 0 Å². The van der Waals surface area contributed by atoms with Crippen LogP contribution in [0.5, 0.6) is 0 Å². The molecule has 0 unspecified atom stereocenters. The highest BCUT2D eigenvalue weighted by Gasteiger charge is 2.05. The van der Waals surface area contributed by atoms with Gasteiger partial charge in [-0.05, 0) is 12.5 Å². The SMILES string of the molecule is Cc1cccc(C(=N)/C=N/O)c1Cl. The number of nitrogens with zero attached hydrogens (tertiary/aromatic N) is 1. The van der Waals surface area contributed by atoms with Crippen molar-refractivity contribution in [3.63, 3.8) is 0 Å². The van der Waals surface area contributed by atoms with Gasteiger partial charge in [0, 0.05) is 5.56 Å². The lowest BCUT2D eigenvalue weighted by Crippen LogP contribution is -2.01. The number of aryl methyl sites for hydroxylation is 1. The predicted octanol–water partition coefficient (Wildman–Crippen LogP) is 2.48. The van der Waals surface area contributed by atoms with Crippen molar-refractivity contribution in [2.24, 2.45) is 5.16 Å². The third-order valence-electron chi connectivity index (χ3n) is 1.67. The van der Waals surface area contributed by atoms with Crippen molar-refractivity contribution in [3.8, 4) is 0 Å². The normalized spacial score (nSPS) is 10.6. The molecule has 0 fully saturated rings. The maximum absolute atomic E-state index is 8.24. The molecule has 0 amide bonds. The summed E-state index contributed by atoms with van der Waals surface area (Å²) in [5, 5.41) is 19.0. The van der Waals surface area contributed by atoms with E-state index in [4.69, 9.17) is 22.2 Å². The van der Waals surface area contributed by atoms with Crippen LogP contribution in [0.25, 0.3) is 0 Å². The van der Waals surface area contributed by atoms with Gasteiger partial charge in [0.15, 0.2) is 0 Å². The van der Waals surface area contributed by atoms with Gasteiger partial charge < -0.3 is 5.21 Å². The number of hydrogen-bond donors (Lipinski definition) is 2. The molecule has 0 bridgehead atoms. The highest BCUT2D eigenvalue weighted by atomic mass is 35.5. The van der Waals surface area contributed by atoms with E-state index in [1.54, 1.807) is 12.1 Å². The summed E-state index contributed by atoms with van der Waals surface area (Å²) < 4.78 is 0. The molecule has 0 saturated heterocycles. The van der Waals surface area contributed by atoms with Crippen LogP contribution in [0.2, 0.25) is 5.02 Å². The summed E-state index contributed by atoms with van der Waals surface area (Å²) in [5.41, 5.74) is 1.56. The van der Waals surface area contributed by atoms with Crippen molar-refractivity contribution in [1.82, 2.24) is 0 Å². The Morgan fingerprint density at radius 3 is 2.92 bits per heavy atom. The quantitative estimate of drug-likeness (QED) is 0.426. The van der Waals surface area contributed by atoms with Crippen LogP contribution in [0.1, 0.15) is 11.1 Å². The largest absolute Gasteiger partial charge is 0.411 e. The molecule has 2 N–H and O–H groups in total. The molecule has 0 spiro atoms. The van der Waals surface area contributed by atoms with E-state index in [0.717, 1.165) is 11.8 Å². The Hall–Kier alpha value is -1.35. The molecule has 0 aliphatic rings. The molecular formula is C9H9ClN2O. The number of hydrogen-bond acceptors (Lipinski definition) is 3. The third kappa shape index (κ3) is 2.06. The Kier molecular flexibility index (Phi) is 3.03. The van der Waals surface area contributed by atoms with Gasteiger partial charge >= 0.3 is 0 Å². The molecule has 0 aromatic heterocycles. The minimum atomic E-state index is 0.0937. The maximum Gasteiger partial charge on any atom is 0.0917 e. The fourth-order valence-electron chi connectivity index (χ4n) is 0.983. The van der Waals surface area contributed by atoms with E-state index in [1.807, 2.05) is 13.0 Å². The number of nitrogens with one attached hydrogen (secondary N) is 1. The van der Waals surface area contributed by atoms with Gasteiger partial charge in [-0.25, -0.2) is 0 Å². The van der Waals surface area contributed by atoms with Gasteiger partial charge in [0.25, 0.3) is 0 Å². The van der Waals surface area contributed by atoms with Gasteiger partial charge in [0.05, 0.1) is 16.9 Å². The van der Waals surface area contributed by atoms with Gasteiger partial charge in [-0.3, -0.25) is 5.41 Å². The maximum atomic E-state index is 8.24. The van der Waals surface area contributed by atoms with Crippen LogP contribution in [0.4, 0.5) is 0 Å². The second-order valence-electron chi connectivity index (χ2n) is 2.59. The van der Waals surface area contributed by atoms with Crippen LogP contribution >= 0.6 is 11.6 Å². The lowest BCUT2D eigenvalue weighted by molar-refractivity contribution is 0.322. The van der Waals surface area contributed by atoms with Crippen LogP contribution in [-0.2, 0) is 0 Å². The summed E-state index contributed by atoms with van der Waals surface area (Å²) >= 11 is 5.94. The van der Waals surface area contributed by atoms with Crippen molar-refractivity contribution in [3.05, 3.63) is 34.3 Å². The van der Waals surface area contributed by atoms with Crippen molar-refractivity contribution in [2.45, 2.75) is 6.92 Å². The van der Waals surface area contributed by atoms with E-state index in [0.29, 0.717) is 10.6 Å². The van der Waals surface area contributed by atoms with E-state index in [2.05, 4.69) is 5.16 Å². The van der Waals surface area contributed by atoms with Crippen LogP contribution in [0.15, 0.2) is 23.4 Å². The first-order valence-electron chi connectivity index (χ1n) is 3.68. The number of oxime groups is 1. The molecule has 0 aliphatic carbocycles. The van der Waals surface area contributed by atoms with Crippen molar-refractivity contribution in [2.75, 3.05) is 0 Å². The monoisotopic (exact) mass is 196 g/mol. The highest BCUT2D eigenvalue weighted by molar-refractivity contribution is 6.43. The zero-order valence-electron chi connectivity index (χ0n) is 7.08. The van der Waals surface area contributed by atoms with Crippen LogP contribution in [0.3, 0.4) is 0 Å². The van der Waals surface area contributed by atoms with Gasteiger partial charge in [-0.2, -0.15) is 0 Å². The van der Waals surface area contributed by atoms with Crippen molar-refractivity contribution < 1.29 is 5.21 Å². The second kappa shape index (κ2) is 4.05. The number of halogens is 1. The summed E-state index contributed by atoms with van der Waals surface area (Å²) in [6.07, 6.45) is 1.04. The first-order chi connectivity index (χ1) is 6.16. The van der Waals surface area contributed by atoms with Gasteiger partial charge in [-0.1, -0.05) is 35.0 Å². The average molecular weight is 197 g/mol. The van der Waals surface area contributed by atoms with E-state index >= 15 is 0 Å².